The number of hydrogen-bond acceptors (Lipinski definition) is 6. The van der Waals surface area contributed by atoms with Crippen LogP contribution in [-0.2, 0) is 9.47 Å². The number of carbonyl (C=O) groups is 3. The Morgan fingerprint density at radius 1 is 0.923 bits per heavy atom. The number of aromatic nitrogens is 1. The highest BCUT2D eigenvalue weighted by molar-refractivity contribution is 6.05. The molecule has 1 heterocycles. The second-order valence-corrected chi connectivity index (χ2v) is 5.50. The maximum atomic E-state index is 12.4. The van der Waals surface area contributed by atoms with Gasteiger partial charge < -0.3 is 23.9 Å². The van der Waals surface area contributed by atoms with Gasteiger partial charge in [0, 0.05) is 17.0 Å². The smallest absolute Gasteiger partial charge is 0.340 e. The van der Waals surface area contributed by atoms with Gasteiger partial charge in [0.05, 0.1) is 36.0 Å². The number of carboxylic acid groups (broad SMARTS) is 1. The zero-order chi connectivity index (χ0) is 19.4. The number of para-hydroxylation sites is 1. The van der Waals surface area contributed by atoms with Crippen molar-refractivity contribution in [2.45, 2.75) is 27.7 Å². The number of aromatic carboxylic acids is 1. The second kappa shape index (κ2) is 7.86. The summed E-state index contributed by atoms with van der Waals surface area (Å²) in [4.78, 5) is 36.4. The minimum atomic E-state index is -1.36. The number of nitrogens with zero attached hydrogens (tertiary/aromatic N) is 1. The van der Waals surface area contributed by atoms with Gasteiger partial charge in [-0.2, -0.15) is 0 Å². The van der Waals surface area contributed by atoms with E-state index in [9.17, 15) is 19.5 Å². The number of esters is 2. The van der Waals surface area contributed by atoms with E-state index in [1.807, 2.05) is 0 Å². The largest absolute Gasteiger partial charge is 0.545 e. The summed E-state index contributed by atoms with van der Waals surface area (Å²) in [6, 6.07) is 6.21. The average Bonchev–Trinajstić information content (AvgIpc) is 2.86. The van der Waals surface area contributed by atoms with Gasteiger partial charge in [-0.3, -0.25) is 0 Å². The van der Waals surface area contributed by atoms with Crippen LogP contribution in [-0.4, -0.2) is 35.7 Å². The fourth-order valence-corrected chi connectivity index (χ4v) is 2.95. The van der Waals surface area contributed by atoms with E-state index in [1.54, 1.807) is 45.9 Å². The summed E-state index contributed by atoms with van der Waals surface area (Å²) in [6.45, 7) is 6.84. The number of carboxylic acids is 1. The summed E-state index contributed by atoms with van der Waals surface area (Å²) in [5.41, 5.74) is 1.14. The first-order valence-corrected chi connectivity index (χ1v) is 8.21. The van der Waals surface area contributed by atoms with Crippen molar-refractivity contribution < 1.29 is 29.0 Å². The van der Waals surface area contributed by atoms with E-state index in [4.69, 9.17) is 9.47 Å². The first-order chi connectivity index (χ1) is 12.3. The van der Waals surface area contributed by atoms with Crippen LogP contribution in [0, 0.1) is 13.8 Å². The molecular formula is C19H20NO6-. The normalized spacial score (nSPS) is 10.5. The Balaban J connectivity index is 2.81. The molecule has 26 heavy (non-hydrogen) atoms. The van der Waals surface area contributed by atoms with Gasteiger partial charge in [-0.25, -0.2) is 9.59 Å². The third kappa shape index (κ3) is 3.33. The number of hydrogen-bond donors (Lipinski definition) is 0. The monoisotopic (exact) mass is 358 g/mol. The standard InChI is InChI=1S/C19H21NO6/c1-5-25-18(23)15-11(3)20(12(4)16(15)19(24)26-6-2)14-10-8-7-9-13(14)17(21)22/h7-10H,5-6H2,1-4H3,(H,21,22)/p-1. The van der Waals surface area contributed by atoms with Crippen LogP contribution in [0.3, 0.4) is 0 Å². The topological polar surface area (TPSA) is 97.7 Å². The molecule has 1 aromatic heterocycles. The Morgan fingerprint density at radius 2 is 1.38 bits per heavy atom. The maximum absolute atomic E-state index is 12.4. The minimum Gasteiger partial charge on any atom is -0.545 e. The Bertz CT molecular complexity index is 824. The minimum absolute atomic E-state index is 0.0560. The van der Waals surface area contributed by atoms with E-state index in [0.29, 0.717) is 17.1 Å². The molecule has 0 unspecified atom stereocenters. The lowest BCUT2D eigenvalue weighted by Crippen LogP contribution is -2.24. The van der Waals surface area contributed by atoms with Crippen LogP contribution in [0.15, 0.2) is 24.3 Å². The molecule has 0 spiro atoms. The molecule has 0 aliphatic rings. The third-order valence-electron chi connectivity index (χ3n) is 3.97. The molecule has 0 saturated heterocycles. The molecule has 0 aliphatic heterocycles. The summed E-state index contributed by atoms with van der Waals surface area (Å²) < 4.78 is 11.7. The lowest BCUT2D eigenvalue weighted by molar-refractivity contribution is -0.255. The van der Waals surface area contributed by atoms with Crippen LogP contribution >= 0.6 is 0 Å². The molecule has 7 nitrogen and oxygen atoms in total. The summed E-state index contributed by atoms with van der Waals surface area (Å²) in [6.07, 6.45) is 0. The Kier molecular flexibility index (Phi) is 5.82. The predicted octanol–water partition coefficient (Wildman–Crippen LogP) is 1.81. The molecule has 0 amide bonds. The van der Waals surface area contributed by atoms with E-state index in [0.717, 1.165) is 0 Å². The molecule has 2 rings (SSSR count). The van der Waals surface area contributed by atoms with Gasteiger partial charge in [-0.1, -0.05) is 18.2 Å². The van der Waals surface area contributed by atoms with Crippen molar-refractivity contribution >= 4 is 17.9 Å². The van der Waals surface area contributed by atoms with Gasteiger partial charge >= 0.3 is 11.9 Å². The molecule has 0 aliphatic carbocycles. The molecule has 0 fully saturated rings. The van der Waals surface area contributed by atoms with Crippen molar-refractivity contribution in [3.8, 4) is 5.69 Å². The van der Waals surface area contributed by atoms with Crippen LogP contribution in [0.2, 0.25) is 0 Å². The third-order valence-corrected chi connectivity index (χ3v) is 3.97. The van der Waals surface area contributed by atoms with Crippen molar-refractivity contribution in [2.24, 2.45) is 0 Å². The molecule has 2 aromatic rings. The highest BCUT2D eigenvalue weighted by atomic mass is 16.5. The molecule has 1 aromatic carbocycles. The Morgan fingerprint density at radius 3 is 1.81 bits per heavy atom. The average molecular weight is 358 g/mol. The van der Waals surface area contributed by atoms with E-state index in [-0.39, 0.29) is 29.9 Å². The van der Waals surface area contributed by atoms with Gasteiger partial charge in [0.2, 0.25) is 0 Å². The summed E-state index contributed by atoms with van der Waals surface area (Å²) in [5, 5.41) is 11.5. The number of ether oxygens (including phenoxy) is 2. The molecule has 7 heteroatoms. The van der Waals surface area contributed by atoms with Crippen molar-refractivity contribution in [3.05, 3.63) is 52.3 Å². The van der Waals surface area contributed by atoms with Crippen molar-refractivity contribution in [1.29, 1.82) is 0 Å². The fraction of sp³-hybridized carbons (Fsp3) is 0.316. The van der Waals surface area contributed by atoms with Gasteiger partial charge in [0.15, 0.2) is 0 Å². The SMILES string of the molecule is CCOC(=O)c1c(C(=O)OCC)c(C)n(-c2ccccc2C(=O)[O-])c1C. The zero-order valence-electron chi connectivity index (χ0n) is 15.1. The highest BCUT2D eigenvalue weighted by Gasteiger charge is 2.30. The van der Waals surface area contributed by atoms with Crippen LogP contribution in [0.4, 0.5) is 0 Å². The van der Waals surface area contributed by atoms with Crippen LogP contribution < -0.4 is 5.11 Å². The molecule has 0 saturated carbocycles. The van der Waals surface area contributed by atoms with Crippen molar-refractivity contribution in [3.63, 3.8) is 0 Å². The Labute approximate surface area is 151 Å². The maximum Gasteiger partial charge on any atom is 0.340 e. The number of carbonyl (C=O) groups excluding carboxylic acids is 3. The van der Waals surface area contributed by atoms with E-state index < -0.39 is 17.9 Å². The van der Waals surface area contributed by atoms with E-state index >= 15 is 0 Å². The quantitative estimate of drug-likeness (QED) is 0.731. The van der Waals surface area contributed by atoms with E-state index in [2.05, 4.69) is 0 Å². The van der Waals surface area contributed by atoms with Gasteiger partial charge in [0.25, 0.3) is 0 Å². The molecular weight excluding hydrogens is 338 g/mol. The van der Waals surface area contributed by atoms with Crippen molar-refractivity contribution in [2.75, 3.05) is 13.2 Å². The fourth-order valence-electron chi connectivity index (χ4n) is 2.95. The lowest BCUT2D eigenvalue weighted by Gasteiger charge is -2.15. The summed E-state index contributed by atoms with van der Waals surface area (Å²) >= 11 is 0. The summed E-state index contributed by atoms with van der Waals surface area (Å²) in [7, 11) is 0. The van der Waals surface area contributed by atoms with Gasteiger partial charge in [-0.15, -0.1) is 0 Å². The molecule has 0 radical (unpaired) electrons. The van der Waals surface area contributed by atoms with Crippen LogP contribution in [0.1, 0.15) is 56.3 Å². The molecule has 0 bridgehead atoms. The first-order valence-electron chi connectivity index (χ1n) is 8.21. The molecule has 138 valence electrons. The first kappa shape index (κ1) is 19.2. The second-order valence-electron chi connectivity index (χ2n) is 5.50. The predicted molar refractivity (Wildman–Crippen MR) is 91.5 cm³/mol. The summed E-state index contributed by atoms with van der Waals surface area (Å²) in [5.74, 6) is -2.69. The van der Waals surface area contributed by atoms with Crippen LogP contribution in [0.5, 0.6) is 0 Å². The Hall–Kier alpha value is -3.09. The van der Waals surface area contributed by atoms with Crippen molar-refractivity contribution in [1.82, 2.24) is 4.57 Å². The zero-order valence-corrected chi connectivity index (χ0v) is 15.1. The molecule has 0 atom stereocenters. The van der Waals surface area contributed by atoms with Crippen LogP contribution in [0.25, 0.3) is 5.69 Å². The lowest BCUT2D eigenvalue weighted by atomic mass is 10.1. The van der Waals surface area contributed by atoms with Gasteiger partial charge in [-0.05, 0) is 33.8 Å². The number of rotatable bonds is 6. The molecule has 0 N–H and O–H groups in total. The van der Waals surface area contributed by atoms with Gasteiger partial charge in [0.1, 0.15) is 0 Å². The van der Waals surface area contributed by atoms with E-state index in [1.165, 1.54) is 10.6 Å². The highest BCUT2D eigenvalue weighted by Crippen LogP contribution is 2.29. The number of benzene rings is 1.